The monoisotopic (exact) mass is 454 g/mol. The van der Waals surface area contributed by atoms with Crippen LogP contribution >= 0.6 is 46.6 Å². The third-order valence-electron chi connectivity index (χ3n) is 3.84. The molecule has 2 aromatic carbocycles. The Bertz CT molecular complexity index is 963. The van der Waals surface area contributed by atoms with E-state index in [0.717, 1.165) is 5.56 Å². The molecule has 3 rings (SSSR count). The number of rotatable bonds is 7. The molecule has 28 heavy (non-hydrogen) atoms. The molecule has 1 N–H and O–H groups in total. The molecule has 5 nitrogen and oxygen atoms in total. The smallest absolute Gasteiger partial charge is 0.238 e. The van der Waals surface area contributed by atoms with E-state index in [-0.39, 0.29) is 12.5 Å². The number of hydrogen-bond acceptors (Lipinski definition) is 4. The summed E-state index contributed by atoms with van der Waals surface area (Å²) in [5.74, 6) is 0.958. The molecule has 1 heterocycles. The van der Waals surface area contributed by atoms with Gasteiger partial charge >= 0.3 is 0 Å². The van der Waals surface area contributed by atoms with Crippen LogP contribution in [0.2, 0.25) is 10.0 Å². The fourth-order valence-corrected chi connectivity index (χ4v) is 3.80. The van der Waals surface area contributed by atoms with E-state index in [1.807, 2.05) is 30.3 Å². The van der Waals surface area contributed by atoms with Gasteiger partial charge in [0, 0.05) is 10.8 Å². The topological polar surface area (TPSA) is 59.8 Å². The van der Waals surface area contributed by atoms with Crippen molar-refractivity contribution in [2.75, 3.05) is 0 Å². The minimum atomic E-state index is -0.641. The lowest BCUT2D eigenvalue weighted by Crippen LogP contribution is -2.30. The van der Waals surface area contributed by atoms with E-state index in [0.29, 0.717) is 32.5 Å². The fraction of sp³-hybridized carbons (Fsp3) is 0.211. The molecule has 3 aromatic rings. The zero-order valence-corrected chi connectivity index (χ0v) is 18.0. The maximum absolute atomic E-state index is 11.8. The lowest BCUT2D eigenvalue weighted by atomic mass is 10.2. The number of nitrogens with one attached hydrogen (secondary N) is 1. The Labute approximate surface area is 182 Å². The zero-order chi connectivity index (χ0) is 20.1. The fourth-order valence-electron chi connectivity index (χ4n) is 2.44. The Balaban J connectivity index is 1.93. The molecular weight excluding hydrogens is 439 g/mol. The normalized spacial score (nSPS) is 12.0. The van der Waals surface area contributed by atoms with Crippen molar-refractivity contribution in [3.8, 4) is 5.69 Å². The number of hydrogen-bond donors (Lipinski definition) is 1. The summed E-state index contributed by atoms with van der Waals surface area (Å²) in [5, 5.41) is 12.3. The van der Waals surface area contributed by atoms with Gasteiger partial charge in [0.15, 0.2) is 11.0 Å². The lowest BCUT2D eigenvalue weighted by molar-refractivity contribution is -0.120. The van der Waals surface area contributed by atoms with E-state index in [4.69, 9.17) is 34.8 Å². The summed E-state index contributed by atoms with van der Waals surface area (Å²) in [6, 6.07) is 15.2. The average molecular weight is 456 g/mol. The highest BCUT2D eigenvalue weighted by Gasteiger charge is 2.18. The van der Waals surface area contributed by atoms with Crippen molar-refractivity contribution >= 4 is 52.5 Å². The van der Waals surface area contributed by atoms with Crippen LogP contribution in [0.1, 0.15) is 18.3 Å². The van der Waals surface area contributed by atoms with Crippen LogP contribution < -0.4 is 5.32 Å². The van der Waals surface area contributed by atoms with Crippen molar-refractivity contribution in [1.82, 2.24) is 20.1 Å². The molecule has 0 saturated carbocycles. The van der Waals surface area contributed by atoms with Gasteiger partial charge in [-0.15, -0.1) is 21.8 Å². The number of carbonyl (C=O) groups is 1. The van der Waals surface area contributed by atoms with Crippen LogP contribution in [0.5, 0.6) is 0 Å². The van der Waals surface area contributed by atoms with Gasteiger partial charge in [0.05, 0.1) is 17.3 Å². The van der Waals surface area contributed by atoms with E-state index in [1.165, 1.54) is 11.8 Å². The van der Waals surface area contributed by atoms with E-state index in [1.54, 1.807) is 29.7 Å². The Kier molecular flexibility index (Phi) is 7.24. The third-order valence-corrected chi connectivity index (χ3v) is 5.60. The summed E-state index contributed by atoms with van der Waals surface area (Å²) in [7, 11) is 0. The third kappa shape index (κ3) is 5.20. The van der Waals surface area contributed by atoms with Crippen LogP contribution in [0.15, 0.2) is 53.7 Å². The summed E-state index contributed by atoms with van der Waals surface area (Å²) in [5.41, 5.74) is 1.81. The summed E-state index contributed by atoms with van der Waals surface area (Å²) in [4.78, 5) is 11.8. The maximum Gasteiger partial charge on any atom is 0.238 e. The lowest BCUT2D eigenvalue weighted by Gasteiger charge is -2.13. The molecular formula is C19H17Cl3N4OS. The van der Waals surface area contributed by atoms with Crippen molar-refractivity contribution in [3.05, 3.63) is 70.0 Å². The van der Waals surface area contributed by atoms with Gasteiger partial charge in [-0.2, -0.15) is 0 Å². The van der Waals surface area contributed by atoms with Crippen LogP contribution in [0.4, 0.5) is 0 Å². The molecule has 0 aliphatic heterocycles. The predicted molar refractivity (Wildman–Crippen MR) is 115 cm³/mol. The number of aromatic nitrogens is 3. The molecule has 0 aliphatic rings. The van der Waals surface area contributed by atoms with Crippen LogP contribution in [-0.4, -0.2) is 26.0 Å². The SMILES string of the molecule is CC(Cl)C(=O)NCc1nnc(SCc2ccccc2)n1-c1cc(Cl)ccc1Cl. The van der Waals surface area contributed by atoms with Gasteiger partial charge in [-0.3, -0.25) is 9.36 Å². The number of nitrogens with zero attached hydrogens (tertiary/aromatic N) is 3. The highest BCUT2D eigenvalue weighted by molar-refractivity contribution is 7.98. The van der Waals surface area contributed by atoms with Gasteiger partial charge in [0.1, 0.15) is 5.38 Å². The first-order valence-electron chi connectivity index (χ1n) is 8.44. The Morgan fingerprint density at radius 1 is 1.18 bits per heavy atom. The quantitative estimate of drug-likeness (QED) is 0.397. The second-order valence-electron chi connectivity index (χ2n) is 5.94. The van der Waals surface area contributed by atoms with E-state index in [2.05, 4.69) is 15.5 Å². The maximum atomic E-state index is 11.8. The van der Waals surface area contributed by atoms with Crippen LogP contribution in [0, 0.1) is 0 Å². The summed E-state index contributed by atoms with van der Waals surface area (Å²) < 4.78 is 1.81. The van der Waals surface area contributed by atoms with Crippen molar-refractivity contribution in [3.63, 3.8) is 0 Å². The van der Waals surface area contributed by atoms with Gasteiger partial charge in [0.2, 0.25) is 5.91 Å². The Morgan fingerprint density at radius 2 is 1.93 bits per heavy atom. The average Bonchev–Trinajstić information content (AvgIpc) is 3.09. The molecule has 0 spiro atoms. The first-order valence-corrected chi connectivity index (χ1v) is 10.6. The molecule has 0 saturated heterocycles. The number of amides is 1. The van der Waals surface area contributed by atoms with Gasteiger partial charge in [-0.05, 0) is 30.7 Å². The standard InChI is InChI=1S/C19H17Cl3N4OS/c1-12(20)18(27)23-10-17-24-25-19(28-11-13-5-3-2-4-6-13)26(17)16-9-14(21)7-8-15(16)22/h2-9,12H,10-11H2,1H3,(H,23,27). The molecule has 0 fully saturated rings. The molecule has 0 aliphatic carbocycles. The van der Waals surface area contributed by atoms with Crippen molar-refractivity contribution in [1.29, 1.82) is 0 Å². The number of halogens is 3. The minimum Gasteiger partial charge on any atom is -0.348 e. The van der Waals surface area contributed by atoms with Crippen molar-refractivity contribution < 1.29 is 4.79 Å². The number of thioether (sulfide) groups is 1. The summed E-state index contributed by atoms with van der Waals surface area (Å²) >= 11 is 19.9. The molecule has 1 unspecified atom stereocenters. The van der Waals surface area contributed by atoms with E-state index >= 15 is 0 Å². The first kappa shape index (κ1) is 21.0. The molecule has 0 radical (unpaired) electrons. The number of benzene rings is 2. The molecule has 1 atom stereocenters. The van der Waals surface area contributed by atoms with Gasteiger partial charge in [-0.1, -0.05) is 65.3 Å². The van der Waals surface area contributed by atoms with Crippen LogP contribution in [0.3, 0.4) is 0 Å². The number of carbonyl (C=O) groups excluding carboxylic acids is 1. The van der Waals surface area contributed by atoms with Gasteiger partial charge in [-0.25, -0.2) is 0 Å². The molecule has 9 heteroatoms. The molecule has 0 bridgehead atoms. The zero-order valence-electron chi connectivity index (χ0n) is 14.9. The van der Waals surface area contributed by atoms with Gasteiger partial charge in [0.25, 0.3) is 0 Å². The summed E-state index contributed by atoms with van der Waals surface area (Å²) in [6.07, 6.45) is 0. The molecule has 1 amide bonds. The summed E-state index contributed by atoms with van der Waals surface area (Å²) in [6.45, 7) is 1.77. The van der Waals surface area contributed by atoms with E-state index in [9.17, 15) is 4.79 Å². The first-order chi connectivity index (χ1) is 13.5. The van der Waals surface area contributed by atoms with Crippen molar-refractivity contribution in [2.45, 2.75) is 29.8 Å². The second-order valence-corrected chi connectivity index (χ2v) is 8.38. The molecule has 146 valence electrons. The van der Waals surface area contributed by atoms with Crippen LogP contribution in [0.25, 0.3) is 5.69 Å². The Morgan fingerprint density at radius 3 is 2.64 bits per heavy atom. The van der Waals surface area contributed by atoms with Crippen LogP contribution in [-0.2, 0) is 17.1 Å². The Hall–Kier alpha value is -1.73. The van der Waals surface area contributed by atoms with Gasteiger partial charge < -0.3 is 5.32 Å². The highest BCUT2D eigenvalue weighted by atomic mass is 35.5. The highest BCUT2D eigenvalue weighted by Crippen LogP contribution is 2.30. The van der Waals surface area contributed by atoms with Crippen molar-refractivity contribution in [2.24, 2.45) is 0 Å². The molecule has 1 aromatic heterocycles. The largest absolute Gasteiger partial charge is 0.348 e. The predicted octanol–water partition coefficient (Wildman–Crippen LogP) is 5.11. The number of alkyl halides is 1. The second kappa shape index (κ2) is 9.65. The minimum absolute atomic E-state index is 0.164. The van der Waals surface area contributed by atoms with E-state index < -0.39 is 5.38 Å².